The van der Waals surface area contributed by atoms with Gasteiger partial charge in [0.15, 0.2) is 24.6 Å². The van der Waals surface area contributed by atoms with Crippen LogP contribution in [0.25, 0.3) is 0 Å². The minimum atomic E-state index is -1.53. The molecule has 294 valence electrons. The Morgan fingerprint density at radius 1 is 0.509 bits per heavy atom. The van der Waals surface area contributed by atoms with Crippen molar-refractivity contribution in [2.24, 2.45) is 0 Å². The van der Waals surface area contributed by atoms with Crippen LogP contribution in [-0.4, -0.2) is 91.1 Å². The van der Waals surface area contributed by atoms with Gasteiger partial charge in [-0.05, 0) is 61.4 Å². The standard InChI is InChI=1S/C44H41NO12/c46-35-25-26-36(47)45(35)27-15-1-2-16-28-52-44-39(57-43(51)33-23-13-6-14-24-33)38(56-42(50)32-21-11-5-12-22-32)37(55-41(49)31-19-9-4-10-20-31)34(54-44)29-53-40(48)30-17-7-3-8-18-30/h3-14,17-26,34,37-39,44H,1-2,15-16,27-29H2/t34?,37-,38-,39?,44+/m0/s1. The lowest BCUT2D eigenvalue weighted by atomic mass is 9.97. The summed E-state index contributed by atoms with van der Waals surface area (Å²) in [6.45, 7) is -0.102. The monoisotopic (exact) mass is 775 g/mol. The summed E-state index contributed by atoms with van der Waals surface area (Å²) in [7, 11) is 0. The summed E-state index contributed by atoms with van der Waals surface area (Å²) >= 11 is 0. The Labute approximate surface area is 329 Å². The van der Waals surface area contributed by atoms with Crippen molar-refractivity contribution in [3.8, 4) is 0 Å². The number of rotatable bonds is 17. The molecule has 6 rings (SSSR count). The van der Waals surface area contributed by atoms with E-state index in [4.69, 9.17) is 28.4 Å². The van der Waals surface area contributed by atoms with E-state index in [2.05, 4.69) is 0 Å². The number of carbonyl (C=O) groups excluding carboxylic acids is 6. The fourth-order valence-corrected chi connectivity index (χ4v) is 6.24. The van der Waals surface area contributed by atoms with Gasteiger partial charge in [0, 0.05) is 25.3 Å². The number of benzene rings is 4. The molecule has 2 aliphatic rings. The molecule has 4 aromatic rings. The maximum atomic E-state index is 13.8. The Balaban J connectivity index is 1.27. The molecule has 13 nitrogen and oxygen atoms in total. The number of carbonyl (C=O) groups is 6. The van der Waals surface area contributed by atoms with Gasteiger partial charge in [0.25, 0.3) is 11.8 Å². The summed E-state index contributed by atoms with van der Waals surface area (Å²) in [6, 6.07) is 32.6. The molecule has 0 aromatic heterocycles. The topological polar surface area (TPSA) is 161 Å². The van der Waals surface area contributed by atoms with Crippen LogP contribution in [0, 0.1) is 0 Å². The molecule has 0 saturated carbocycles. The second-order valence-corrected chi connectivity index (χ2v) is 13.2. The first-order chi connectivity index (χ1) is 27.8. The first kappa shape index (κ1) is 40.2. The number of imide groups is 1. The molecule has 0 N–H and O–H groups in total. The molecule has 0 spiro atoms. The average Bonchev–Trinajstić information content (AvgIpc) is 3.57. The van der Waals surface area contributed by atoms with Crippen LogP contribution >= 0.6 is 0 Å². The zero-order valence-corrected chi connectivity index (χ0v) is 30.9. The minimum absolute atomic E-state index is 0.0809. The lowest BCUT2D eigenvalue weighted by Gasteiger charge is -2.44. The molecule has 2 heterocycles. The second-order valence-electron chi connectivity index (χ2n) is 13.2. The summed E-state index contributed by atoms with van der Waals surface area (Å²) in [5.74, 6) is -3.77. The van der Waals surface area contributed by atoms with E-state index in [1.54, 1.807) is 97.1 Å². The lowest BCUT2D eigenvalue weighted by molar-refractivity contribution is -0.298. The zero-order chi connectivity index (χ0) is 40.0. The molecule has 5 atom stereocenters. The van der Waals surface area contributed by atoms with E-state index in [0.717, 1.165) is 0 Å². The molecular formula is C44H41NO12. The molecule has 0 bridgehead atoms. The van der Waals surface area contributed by atoms with Gasteiger partial charge in [-0.1, -0.05) is 85.6 Å². The maximum Gasteiger partial charge on any atom is 0.338 e. The van der Waals surface area contributed by atoms with Crippen molar-refractivity contribution in [2.45, 2.75) is 56.4 Å². The van der Waals surface area contributed by atoms with Gasteiger partial charge in [0.05, 0.1) is 22.3 Å². The van der Waals surface area contributed by atoms with E-state index < -0.39 is 61.2 Å². The molecule has 2 unspecified atom stereocenters. The summed E-state index contributed by atoms with van der Waals surface area (Å²) in [6.07, 6.45) is -2.29. The third-order valence-electron chi connectivity index (χ3n) is 9.20. The molecule has 0 radical (unpaired) electrons. The van der Waals surface area contributed by atoms with Crippen molar-refractivity contribution in [3.05, 3.63) is 156 Å². The van der Waals surface area contributed by atoms with Crippen molar-refractivity contribution in [3.63, 3.8) is 0 Å². The normalized spacial score (nSPS) is 20.1. The van der Waals surface area contributed by atoms with E-state index >= 15 is 0 Å². The summed E-state index contributed by atoms with van der Waals surface area (Å²) in [4.78, 5) is 79.2. The van der Waals surface area contributed by atoms with E-state index in [1.165, 1.54) is 41.3 Å². The van der Waals surface area contributed by atoms with Gasteiger partial charge in [-0.25, -0.2) is 19.2 Å². The van der Waals surface area contributed by atoms with E-state index in [1.807, 2.05) is 0 Å². The van der Waals surface area contributed by atoms with Gasteiger partial charge in [-0.3, -0.25) is 14.5 Å². The highest BCUT2D eigenvalue weighted by molar-refractivity contribution is 6.12. The third kappa shape index (κ3) is 10.9. The highest BCUT2D eigenvalue weighted by atomic mass is 16.7. The van der Waals surface area contributed by atoms with E-state index in [0.29, 0.717) is 25.7 Å². The molecule has 13 heteroatoms. The Hall–Kier alpha value is -6.44. The summed E-state index contributed by atoms with van der Waals surface area (Å²) in [5, 5.41) is 0. The van der Waals surface area contributed by atoms with Crippen LogP contribution in [0.15, 0.2) is 133 Å². The van der Waals surface area contributed by atoms with Gasteiger partial charge < -0.3 is 28.4 Å². The summed E-state index contributed by atoms with van der Waals surface area (Å²) < 4.78 is 36.4. The largest absolute Gasteiger partial charge is 0.459 e. The van der Waals surface area contributed by atoms with Crippen molar-refractivity contribution in [1.29, 1.82) is 0 Å². The Morgan fingerprint density at radius 3 is 1.42 bits per heavy atom. The van der Waals surface area contributed by atoms with Crippen molar-refractivity contribution < 1.29 is 57.2 Å². The maximum absolute atomic E-state index is 13.8. The van der Waals surface area contributed by atoms with Crippen LogP contribution in [-0.2, 0) is 38.0 Å². The Bertz CT molecular complexity index is 2010. The first-order valence-electron chi connectivity index (χ1n) is 18.6. The van der Waals surface area contributed by atoms with Crippen molar-refractivity contribution in [1.82, 2.24) is 4.90 Å². The minimum Gasteiger partial charge on any atom is -0.459 e. The van der Waals surface area contributed by atoms with Crippen LogP contribution in [0.5, 0.6) is 0 Å². The molecule has 1 saturated heterocycles. The first-order valence-corrected chi connectivity index (χ1v) is 18.6. The predicted octanol–water partition coefficient (Wildman–Crippen LogP) is 5.75. The van der Waals surface area contributed by atoms with Gasteiger partial charge >= 0.3 is 23.9 Å². The Kier molecular flexibility index (Phi) is 14.1. The zero-order valence-electron chi connectivity index (χ0n) is 30.9. The SMILES string of the molecule is O=C(OCC1O[C@@H](OCCCCCCN2C(=O)C=CC2=O)C(OC(=O)c2ccccc2)[C@@H](OC(=O)c2ccccc2)[C@H]1OC(=O)c1ccccc1)c1ccccc1. The van der Waals surface area contributed by atoms with E-state index in [-0.39, 0.29) is 47.2 Å². The van der Waals surface area contributed by atoms with E-state index in [9.17, 15) is 28.8 Å². The smallest absolute Gasteiger partial charge is 0.338 e. The van der Waals surface area contributed by atoms with Gasteiger partial charge in [0.1, 0.15) is 12.7 Å². The van der Waals surface area contributed by atoms with Crippen molar-refractivity contribution in [2.75, 3.05) is 19.8 Å². The predicted molar refractivity (Wildman–Crippen MR) is 203 cm³/mol. The Morgan fingerprint density at radius 2 is 0.930 bits per heavy atom. The van der Waals surface area contributed by atoms with Gasteiger partial charge in [-0.2, -0.15) is 0 Å². The third-order valence-corrected chi connectivity index (χ3v) is 9.20. The van der Waals surface area contributed by atoms with Crippen LogP contribution in [0.4, 0.5) is 0 Å². The van der Waals surface area contributed by atoms with Crippen LogP contribution in [0.2, 0.25) is 0 Å². The van der Waals surface area contributed by atoms with Gasteiger partial charge in [0.2, 0.25) is 0 Å². The summed E-state index contributed by atoms with van der Waals surface area (Å²) in [5.41, 5.74) is 0.793. The van der Waals surface area contributed by atoms with Crippen molar-refractivity contribution >= 4 is 35.7 Å². The molecular weight excluding hydrogens is 734 g/mol. The number of hydrogen-bond donors (Lipinski definition) is 0. The number of nitrogens with zero attached hydrogens (tertiary/aromatic N) is 1. The molecule has 2 amide bonds. The number of amides is 2. The number of esters is 4. The molecule has 0 aliphatic carbocycles. The number of ether oxygens (including phenoxy) is 6. The molecule has 1 fully saturated rings. The molecule has 4 aromatic carbocycles. The number of hydrogen-bond acceptors (Lipinski definition) is 12. The molecule has 2 aliphatic heterocycles. The molecule has 57 heavy (non-hydrogen) atoms. The van der Waals surface area contributed by atoms with Crippen LogP contribution in [0.1, 0.15) is 67.1 Å². The number of unbranched alkanes of at least 4 members (excludes halogenated alkanes) is 3. The van der Waals surface area contributed by atoms with Gasteiger partial charge in [-0.15, -0.1) is 0 Å². The second kappa shape index (κ2) is 19.9. The fraction of sp³-hybridized carbons (Fsp3) is 0.273. The quantitative estimate of drug-likeness (QED) is 0.0554. The lowest BCUT2D eigenvalue weighted by Crippen LogP contribution is -2.63. The average molecular weight is 776 g/mol. The highest BCUT2D eigenvalue weighted by Crippen LogP contribution is 2.32. The van der Waals surface area contributed by atoms with Crippen LogP contribution < -0.4 is 0 Å². The highest BCUT2D eigenvalue weighted by Gasteiger charge is 2.53. The fourth-order valence-electron chi connectivity index (χ4n) is 6.24. The van der Waals surface area contributed by atoms with Crippen LogP contribution in [0.3, 0.4) is 0 Å².